The summed E-state index contributed by atoms with van der Waals surface area (Å²) in [7, 11) is 3.54. The molecular weight excluding hydrogens is 268 g/mol. The largest absolute Gasteiger partial charge is 0.363 e. The summed E-state index contributed by atoms with van der Waals surface area (Å²) in [6.45, 7) is 7.77. The van der Waals surface area contributed by atoms with E-state index in [0.717, 1.165) is 31.9 Å². The molecule has 2 rings (SSSR count). The second-order valence-corrected chi connectivity index (χ2v) is 6.03. The molecule has 0 aromatic carbocycles. The predicted octanol–water partition coefficient (Wildman–Crippen LogP) is 0.972. The van der Waals surface area contributed by atoms with Crippen LogP contribution in [0.2, 0.25) is 0 Å². The molecule has 1 aromatic heterocycles. The topological polar surface area (TPSA) is 50.6 Å². The van der Waals surface area contributed by atoms with Gasteiger partial charge in [-0.15, -0.1) is 0 Å². The molecule has 1 atom stereocenters. The fraction of sp³-hybridized carbons (Fsp3) is 0.733. The van der Waals surface area contributed by atoms with Gasteiger partial charge < -0.3 is 14.2 Å². The first-order chi connectivity index (χ1) is 9.96. The molecule has 0 unspecified atom stereocenters. The van der Waals surface area contributed by atoms with Crippen molar-refractivity contribution in [2.45, 2.75) is 39.0 Å². The number of aromatic nitrogens is 2. The molecule has 2 heterocycles. The van der Waals surface area contributed by atoms with Gasteiger partial charge in [-0.05, 0) is 13.3 Å². The lowest BCUT2D eigenvalue weighted by molar-refractivity contribution is -0.165. The first kappa shape index (κ1) is 16.0. The predicted molar refractivity (Wildman–Crippen MR) is 80.8 cm³/mol. The van der Waals surface area contributed by atoms with Crippen molar-refractivity contribution in [3.63, 3.8) is 0 Å². The lowest BCUT2D eigenvalue weighted by Crippen LogP contribution is -2.57. The molecule has 1 amide bonds. The molecule has 0 aliphatic carbocycles. The van der Waals surface area contributed by atoms with E-state index >= 15 is 0 Å². The Balaban J connectivity index is 2.04. The first-order valence-corrected chi connectivity index (χ1v) is 7.54. The number of nitrogens with zero attached hydrogens (tertiary/aromatic N) is 4. The molecule has 118 valence electrons. The van der Waals surface area contributed by atoms with Crippen molar-refractivity contribution in [3.8, 4) is 0 Å². The Morgan fingerprint density at radius 2 is 2.29 bits per heavy atom. The zero-order valence-electron chi connectivity index (χ0n) is 13.5. The van der Waals surface area contributed by atoms with Crippen LogP contribution in [0.4, 0.5) is 0 Å². The third-order valence-corrected chi connectivity index (χ3v) is 3.84. The highest BCUT2D eigenvalue weighted by Crippen LogP contribution is 2.21. The van der Waals surface area contributed by atoms with Crippen LogP contribution in [0.3, 0.4) is 0 Å². The van der Waals surface area contributed by atoms with Gasteiger partial charge in [-0.1, -0.05) is 6.92 Å². The fourth-order valence-corrected chi connectivity index (χ4v) is 2.82. The van der Waals surface area contributed by atoms with E-state index in [0.29, 0.717) is 13.2 Å². The summed E-state index contributed by atoms with van der Waals surface area (Å²) in [5.74, 6) is 1.07. The van der Waals surface area contributed by atoms with E-state index in [1.165, 1.54) is 0 Å². The molecule has 0 bridgehead atoms. The van der Waals surface area contributed by atoms with Crippen molar-refractivity contribution in [2.24, 2.45) is 0 Å². The summed E-state index contributed by atoms with van der Waals surface area (Å²) in [4.78, 5) is 20.6. The summed E-state index contributed by atoms with van der Waals surface area (Å²) in [5, 5.41) is 0. The van der Waals surface area contributed by atoms with E-state index in [2.05, 4.69) is 21.4 Å². The highest BCUT2D eigenvalue weighted by molar-refractivity contribution is 5.84. The number of hydrogen-bond donors (Lipinski definition) is 0. The fourth-order valence-electron chi connectivity index (χ4n) is 2.82. The van der Waals surface area contributed by atoms with Crippen LogP contribution in [0, 0.1) is 0 Å². The van der Waals surface area contributed by atoms with Gasteiger partial charge in [0.15, 0.2) is 5.60 Å². The van der Waals surface area contributed by atoms with Gasteiger partial charge in [-0.3, -0.25) is 9.69 Å². The summed E-state index contributed by atoms with van der Waals surface area (Å²) >= 11 is 0. The van der Waals surface area contributed by atoms with E-state index in [4.69, 9.17) is 4.74 Å². The number of aryl methyl sites for hydroxylation is 1. The number of likely N-dealkylation sites (N-methyl/N-ethyl adjacent to an activating group) is 1. The molecule has 6 heteroatoms. The second-order valence-electron chi connectivity index (χ2n) is 6.03. The average molecular weight is 294 g/mol. The van der Waals surface area contributed by atoms with Crippen molar-refractivity contribution in [3.05, 3.63) is 18.2 Å². The van der Waals surface area contributed by atoms with E-state index < -0.39 is 5.60 Å². The van der Waals surface area contributed by atoms with Gasteiger partial charge in [0.05, 0.1) is 13.2 Å². The zero-order valence-corrected chi connectivity index (χ0v) is 13.5. The van der Waals surface area contributed by atoms with E-state index in [1.54, 1.807) is 19.0 Å². The second kappa shape index (κ2) is 6.58. The summed E-state index contributed by atoms with van der Waals surface area (Å²) < 4.78 is 7.94. The maximum absolute atomic E-state index is 12.3. The van der Waals surface area contributed by atoms with Crippen molar-refractivity contribution in [1.82, 2.24) is 19.4 Å². The molecule has 0 N–H and O–H groups in total. The van der Waals surface area contributed by atoms with Gasteiger partial charge in [-0.25, -0.2) is 4.98 Å². The normalized spacial score (nSPS) is 23.2. The average Bonchev–Trinajstić information content (AvgIpc) is 2.85. The quantitative estimate of drug-likeness (QED) is 0.812. The number of hydrogen-bond acceptors (Lipinski definition) is 4. The first-order valence-electron chi connectivity index (χ1n) is 7.54. The smallest absolute Gasteiger partial charge is 0.255 e. The Morgan fingerprint density at radius 3 is 2.95 bits per heavy atom. The maximum atomic E-state index is 12.3. The van der Waals surface area contributed by atoms with Crippen molar-refractivity contribution < 1.29 is 9.53 Å². The van der Waals surface area contributed by atoms with E-state index in [-0.39, 0.29) is 5.91 Å². The molecule has 1 aliphatic rings. The standard InChI is InChI=1S/C15H26N4O2/c1-5-7-19-8-6-16-13(19)11-18-9-10-21-15(2,12-18)14(20)17(3)4/h6,8H,5,7,9-12H2,1-4H3/t15-/m0/s1. The summed E-state index contributed by atoms with van der Waals surface area (Å²) in [6, 6.07) is 0. The number of ether oxygens (including phenoxy) is 1. The lowest BCUT2D eigenvalue weighted by Gasteiger charge is -2.40. The molecule has 1 saturated heterocycles. The number of rotatable bonds is 5. The van der Waals surface area contributed by atoms with Crippen molar-refractivity contribution >= 4 is 5.91 Å². The third-order valence-electron chi connectivity index (χ3n) is 3.84. The van der Waals surface area contributed by atoms with Crippen molar-refractivity contribution in [2.75, 3.05) is 33.8 Å². The van der Waals surface area contributed by atoms with Crippen LogP contribution in [0.15, 0.2) is 12.4 Å². The van der Waals surface area contributed by atoms with Gasteiger partial charge in [0.1, 0.15) is 5.82 Å². The lowest BCUT2D eigenvalue weighted by atomic mass is 10.0. The monoisotopic (exact) mass is 294 g/mol. The molecule has 1 aliphatic heterocycles. The Morgan fingerprint density at radius 1 is 1.52 bits per heavy atom. The Hall–Kier alpha value is -1.40. The number of morpholine rings is 1. The molecule has 6 nitrogen and oxygen atoms in total. The number of carbonyl (C=O) groups is 1. The highest BCUT2D eigenvalue weighted by Gasteiger charge is 2.40. The van der Waals surface area contributed by atoms with Gasteiger partial charge >= 0.3 is 0 Å². The van der Waals surface area contributed by atoms with Crippen LogP contribution >= 0.6 is 0 Å². The molecule has 0 saturated carbocycles. The Labute approximate surface area is 126 Å². The minimum absolute atomic E-state index is 0.0177. The van der Waals surface area contributed by atoms with Crippen molar-refractivity contribution in [1.29, 1.82) is 0 Å². The Bertz CT molecular complexity index is 486. The maximum Gasteiger partial charge on any atom is 0.255 e. The molecule has 1 aromatic rings. The van der Waals surface area contributed by atoms with E-state index in [1.807, 2.05) is 19.3 Å². The van der Waals surface area contributed by atoms with Crippen LogP contribution in [-0.2, 0) is 22.6 Å². The van der Waals surface area contributed by atoms with Crippen LogP contribution in [0.25, 0.3) is 0 Å². The molecule has 0 radical (unpaired) electrons. The van der Waals surface area contributed by atoms with E-state index in [9.17, 15) is 4.79 Å². The minimum Gasteiger partial charge on any atom is -0.363 e. The van der Waals surface area contributed by atoms with Crippen LogP contribution in [-0.4, -0.2) is 64.7 Å². The van der Waals surface area contributed by atoms with Crippen LogP contribution in [0.1, 0.15) is 26.1 Å². The number of amides is 1. The van der Waals surface area contributed by atoms with Crippen LogP contribution in [0.5, 0.6) is 0 Å². The third kappa shape index (κ3) is 3.63. The number of imidazole rings is 1. The minimum atomic E-state index is -0.760. The zero-order chi connectivity index (χ0) is 15.5. The van der Waals surface area contributed by atoms with Gasteiger partial charge in [-0.2, -0.15) is 0 Å². The Kier molecular flexibility index (Phi) is 5.00. The summed E-state index contributed by atoms with van der Waals surface area (Å²) in [6.07, 6.45) is 4.95. The highest BCUT2D eigenvalue weighted by atomic mass is 16.5. The molecular formula is C15H26N4O2. The van der Waals surface area contributed by atoms with Crippen LogP contribution < -0.4 is 0 Å². The van der Waals surface area contributed by atoms with Gasteiger partial charge in [0, 0.05) is 46.1 Å². The molecule has 0 spiro atoms. The van der Waals surface area contributed by atoms with Gasteiger partial charge in [0.25, 0.3) is 5.91 Å². The van der Waals surface area contributed by atoms with Gasteiger partial charge in [0.2, 0.25) is 0 Å². The SMILES string of the molecule is CCCn1ccnc1CN1CCO[C@](C)(C(=O)N(C)C)C1. The molecule has 21 heavy (non-hydrogen) atoms. The molecule has 1 fully saturated rings. The summed E-state index contributed by atoms with van der Waals surface area (Å²) in [5.41, 5.74) is -0.760. The number of carbonyl (C=O) groups excluding carboxylic acids is 1.